The third kappa shape index (κ3) is 3.23. The Kier molecular flexibility index (Phi) is 4.01. The molecule has 0 fully saturated rings. The topological polar surface area (TPSA) is 74.8 Å². The highest BCUT2D eigenvalue weighted by atomic mass is 79.9. The molecular weight excluding hydrogens is 312 g/mol. The van der Waals surface area contributed by atoms with Gasteiger partial charge in [-0.3, -0.25) is 4.79 Å². The van der Waals surface area contributed by atoms with Gasteiger partial charge in [-0.2, -0.15) is 5.10 Å². The minimum atomic E-state index is -0.458. The Hall–Kier alpha value is -2.08. The molecule has 19 heavy (non-hydrogen) atoms. The number of halogens is 1. The lowest BCUT2D eigenvalue weighted by Crippen LogP contribution is -2.18. The second-order valence-corrected chi connectivity index (χ2v) is 4.54. The van der Waals surface area contributed by atoms with Crippen LogP contribution in [-0.4, -0.2) is 16.7 Å². The van der Waals surface area contributed by atoms with E-state index in [0.29, 0.717) is 15.9 Å². The molecule has 1 aromatic carbocycles. The number of phenolic OH excluding ortho intramolecular Hbond substituents is 1. The van der Waals surface area contributed by atoms with Crippen LogP contribution in [0.1, 0.15) is 23.0 Å². The van der Waals surface area contributed by atoms with Crippen molar-refractivity contribution in [2.45, 2.75) is 6.92 Å². The zero-order valence-corrected chi connectivity index (χ0v) is 11.6. The predicted octanol–water partition coefficient (Wildman–Crippen LogP) is 2.90. The van der Waals surface area contributed by atoms with Gasteiger partial charge >= 0.3 is 5.91 Å². The number of nitrogens with one attached hydrogen (secondary N) is 1. The molecule has 0 radical (unpaired) electrons. The van der Waals surface area contributed by atoms with Gasteiger partial charge in [-0.05, 0) is 47.1 Å². The van der Waals surface area contributed by atoms with Crippen molar-refractivity contribution < 1.29 is 14.3 Å². The fourth-order valence-corrected chi connectivity index (χ4v) is 1.77. The number of para-hydroxylation sites is 1. The molecule has 2 N–H and O–H groups in total. The highest BCUT2D eigenvalue weighted by Crippen LogP contribution is 2.16. The first-order valence-corrected chi connectivity index (χ1v) is 6.25. The summed E-state index contributed by atoms with van der Waals surface area (Å²) in [6.07, 6.45) is 0. The standard InChI is InChI=1S/C13H11BrN2O3/c1-8(9-4-2-3-5-10(9)17)15-16-13(18)11-6-7-12(14)19-11/h2-7,17H,1H3,(H,16,18)/b15-8+. The van der Waals surface area contributed by atoms with E-state index in [9.17, 15) is 9.90 Å². The van der Waals surface area contributed by atoms with Gasteiger partial charge in [0, 0.05) is 5.56 Å². The number of benzene rings is 1. The largest absolute Gasteiger partial charge is 0.507 e. The molecule has 1 heterocycles. The lowest BCUT2D eigenvalue weighted by Gasteiger charge is -2.03. The van der Waals surface area contributed by atoms with Crippen molar-refractivity contribution in [3.05, 3.63) is 52.4 Å². The molecule has 0 saturated heterocycles. The van der Waals surface area contributed by atoms with E-state index in [-0.39, 0.29) is 11.5 Å². The predicted molar refractivity (Wildman–Crippen MR) is 74.2 cm³/mol. The van der Waals surface area contributed by atoms with Gasteiger partial charge in [-0.15, -0.1) is 0 Å². The zero-order chi connectivity index (χ0) is 13.8. The number of furan rings is 1. The summed E-state index contributed by atoms with van der Waals surface area (Å²) in [6, 6.07) is 9.91. The van der Waals surface area contributed by atoms with E-state index in [1.807, 2.05) is 0 Å². The summed E-state index contributed by atoms with van der Waals surface area (Å²) in [6.45, 7) is 1.69. The average molecular weight is 323 g/mol. The molecule has 0 saturated carbocycles. The molecule has 0 aliphatic heterocycles. The maximum Gasteiger partial charge on any atom is 0.307 e. The van der Waals surface area contributed by atoms with E-state index in [0.717, 1.165) is 0 Å². The zero-order valence-electron chi connectivity index (χ0n) is 10.1. The minimum Gasteiger partial charge on any atom is -0.507 e. The van der Waals surface area contributed by atoms with E-state index >= 15 is 0 Å². The summed E-state index contributed by atoms with van der Waals surface area (Å²) in [5.41, 5.74) is 3.42. The number of aromatic hydroxyl groups is 1. The number of phenols is 1. The monoisotopic (exact) mass is 322 g/mol. The molecule has 98 valence electrons. The van der Waals surface area contributed by atoms with Crippen molar-refractivity contribution in [1.82, 2.24) is 5.43 Å². The number of amides is 1. The maximum atomic E-state index is 11.7. The first kappa shape index (κ1) is 13.4. The number of carbonyl (C=O) groups is 1. The highest BCUT2D eigenvalue weighted by Gasteiger charge is 2.10. The molecule has 2 rings (SSSR count). The Morgan fingerprint density at radius 1 is 1.32 bits per heavy atom. The smallest absolute Gasteiger partial charge is 0.307 e. The summed E-state index contributed by atoms with van der Waals surface area (Å²) in [4.78, 5) is 11.7. The SMILES string of the molecule is C/C(=N\NC(=O)c1ccc(Br)o1)c1ccccc1O. The molecule has 0 atom stereocenters. The summed E-state index contributed by atoms with van der Waals surface area (Å²) in [5, 5.41) is 13.6. The van der Waals surface area contributed by atoms with Crippen LogP contribution >= 0.6 is 15.9 Å². The second kappa shape index (κ2) is 5.71. The Morgan fingerprint density at radius 2 is 2.05 bits per heavy atom. The summed E-state index contributed by atoms with van der Waals surface area (Å²) in [7, 11) is 0. The fraction of sp³-hybridized carbons (Fsp3) is 0.0769. The molecule has 1 aromatic heterocycles. The molecule has 0 unspecified atom stereocenters. The molecule has 0 spiro atoms. The number of hydrogen-bond acceptors (Lipinski definition) is 4. The van der Waals surface area contributed by atoms with E-state index in [2.05, 4.69) is 26.5 Å². The van der Waals surface area contributed by atoms with Gasteiger partial charge in [0.05, 0.1) is 5.71 Å². The van der Waals surface area contributed by atoms with Crippen LogP contribution in [0.15, 0.2) is 50.6 Å². The van der Waals surface area contributed by atoms with Gasteiger partial charge in [0.25, 0.3) is 0 Å². The molecule has 0 aliphatic carbocycles. The first-order valence-electron chi connectivity index (χ1n) is 5.46. The molecule has 1 amide bonds. The van der Waals surface area contributed by atoms with E-state index < -0.39 is 5.91 Å². The summed E-state index contributed by atoms with van der Waals surface area (Å²) in [5.74, 6) is -0.195. The number of carbonyl (C=O) groups excluding carboxylic acids is 1. The van der Waals surface area contributed by atoms with Crippen molar-refractivity contribution in [2.75, 3.05) is 0 Å². The van der Waals surface area contributed by atoms with E-state index in [1.54, 1.807) is 37.3 Å². The van der Waals surface area contributed by atoms with Gasteiger partial charge in [0.1, 0.15) is 5.75 Å². The third-order valence-corrected chi connectivity index (χ3v) is 2.84. The van der Waals surface area contributed by atoms with Crippen LogP contribution in [0.2, 0.25) is 0 Å². The summed E-state index contributed by atoms with van der Waals surface area (Å²) < 4.78 is 5.56. The van der Waals surface area contributed by atoms with Gasteiger partial charge in [-0.25, -0.2) is 5.43 Å². The molecule has 0 bridgehead atoms. The van der Waals surface area contributed by atoms with Crippen molar-refractivity contribution in [3.63, 3.8) is 0 Å². The van der Waals surface area contributed by atoms with Crippen LogP contribution < -0.4 is 5.43 Å². The molecule has 6 heteroatoms. The maximum absolute atomic E-state index is 11.7. The number of rotatable bonds is 3. The quantitative estimate of drug-likeness (QED) is 0.674. The molecule has 0 aliphatic rings. The molecule has 5 nitrogen and oxygen atoms in total. The Bertz CT molecular complexity index is 634. The molecular formula is C13H11BrN2O3. The van der Waals surface area contributed by atoms with Crippen LogP contribution in [0.25, 0.3) is 0 Å². The number of nitrogens with zero attached hydrogens (tertiary/aromatic N) is 1. The average Bonchev–Trinajstić information content (AvgIpc) is 2.83. The van der Waals surface area contributed by atoms with Crippen molar-refractivity contribution in [1.29, 1.82) is 0 Å². The lowest BCUT2D eigenvalue weighted by atomic mass is 10.1. The first-order chi connectivity index (χ1) is 9.08. The van der Waals surface area contributed by atoms with Crippen molar-refractivity contribution in [2.24, 2.45) is 5.10 Å². The minimum absolute atomic E-state index is 0.110. The fourth-order valence-electron chi connectivity index (χ4n) is 1.47. The summed E-state index contributed by atoms with van der Waals surface area (Å²) >= 11 is 3.11. The van der Waals surface area contributed by atoms with E-state index in [4.69, 9.17) is 4.42 Å². The lowest BCUT2D eigenvalue weighted by molar-refractivity contribution is 0.0926. The van der Waals surface area contributed by atoms with Crippen LogP contribution in [0.4, 0.5) is 0 Å². The third-order valence-electron chi connectivity index (χ3n) is 2.42. The van der Waals surface area contributed by atoms with Crippen LogP contribution in [-0.2, 0) is 0 Å². The van der Waals surface area contributed by atoms with Crippen LogP contribution in [0.3, 0.4) is 0 Å². The Morgan fingerprint density at radius 3 is 2.68 bits per heavy atom. The van der Waals surface area contributed by atoms with Gasteiger partial charge in [0.2, 0.25) is 0 Å². The Balaban J connectivity index is 2.11. The number of hydrazone groups is 1. The van der Waals surface area contributed by atoms with Crippen LogP contribution in [0.5, 0.6) is 5.75 Å². The second-order valence-electron chi connectivity index (χ2n) is 3.76. The van der Waals surface area contributed by atoms with E-state index in [1.165, 1.54) is 6.07 Å². The van der Waals surface area contributed by atoms with Gasteiger partial charge in [0.15, 0.2) is 10.4 Å². The highest BCUT2D eigenvalue weighted by molar-refractivity contribution is 9.10. The van der Waals surface area contributed by atoms with Gasteiger partial charge < -0.3 is 9.52 Å². The van der Waals surface area contributed by atoms with Crippen molar-refractivity contribution in [3.8, 4) is 5.75 Å². The Labute approximate surface area is 118 Å². The van der Waals surface area contributed by atoms with Crippen LogP contribution in [0, 0.1) is 0 Å². The van der Waals surface area contributed by atoms with Crippen molar-refractivity contribution >= 4 is 27.5 Å². The van der Waals surface area contributed by atoms with Gasteiger partial charge in [-0.1, -0.05) is 12.1 Å². The molecule has 2 aromatic rings. The normalized spacial score (nSPS) is 11.4. The number of hydrogen-bond donors (Lipinski definition) is 2.